The van der Waals surface area contributed by atoms with Crippen LogP contribution in [0.15, 0.2) is 42.9 Å². The Balaban J connectivity index is 1.85. The Morgan fingerprint density at radius 2 is 2.13 bits per heavy atom. The molecule has 1 aliphatic carbocycles. The average molecular weight is 331 g/mol. The predicted molar refractivity (Wildman–Crippen MR) is 93.3 cm³/mol. The molecule has 0 unspecified atom stereocenters. The van der Waals surface area contributed by atoms with Crippen LogP contribution in [0.3, 0.4) is 0 Å². The predicted octanol–water partition coefficient (Wildman–Crippen LogP) is 3.28. The van der Waals surface area contributed by atoms with E-state index in [-0.39, 0.29) is 5.54 Å². The van der Waals surface area contributed by atoms with Crippen LogP contribution < -0.4 is 10.6 Å². The maximum Gasteiger partial charge on any atom is 0.0724 e. The third kappa shape index (κ3) is 3.39. The zero-order chi connectivity index (χ0) is 16.1. The minimum absolute atomic E-state index is 0.140. The van der Waals surface area contributed by atoms with Gasteiger partial charge in [-0.25, -0.2) is 0 Å². The SMILES string of the molecule is CN[C@@]1(c2ccccc2Cl)CCCC[C@@H]1NCc1cnccn1. The zero-order valence-corrected chi connectivity index (χ0v) is 14.2. The molecule has 3 rings (SSSR count). The van der Waals surface area contributed by atoms with Gasteiger partial charge in [-0.05, 0) is 31.5 Å². The van der Waals surface area contributed by atoms with E-state index in [1.165, 1.54) is 18.4 Å². The molecule has 1 aliphatic rings. The minimum atomic E-state index is -0.140. The highest BCUT2D eigenvalue weighted by Crippen LogP contribution is 2.40. The molecule has 1 aromatic carbocycles. The molecule has 1 heterocycles. The topological polar surface area (TPSA) is 49.8 Å². The molecule has 1 fully saturated rings. The molecule has 122 valence electrons. The fourth-order valence-corrected chi connectivity index (χ4v) is 3.98. The van der Waals surface area contributed by atoms with Crippen molar-refractivity contribution >= 4 is 11.6 Å². The lowest BCUT2D eigenvalue weighted by Gasteiger charge is -2.45. The molecule has 0 bridgehead atoms. The van der Waals surface area contributed by atoms with Crippen LogP contribution in [0.5, 0.6) is 0 Å². The number of nitrogens with one attached hydrogen (secondary N) is 2. The highest BCUT2D eigenvalue weighted by atomic mass is 35.5. The van der Waals surface area contributed by atoms with E-state index in [1.807, 2.05) is 25.4 Å². The quantitative estimate of drug-likeness (QED) is 0.883. The second-order valence-corrected chi connectivity index (χ2v) is 6.48. The first kappa shape index (κ1) is 16.4. The summed E-state index contributed by atoms with van der Waals surface area (Å²) >= 11 is 6.52. The van der Waals surface area contributed by atoms with Gasteiger partial charge in [-0.3, -0.25) is 9.97 Å². The summed E-state index contributed by atoms with van der Waals surface area (Å²) in [6.45, 7) is 0.715. The first-order chi connectivity index (χ1) is 11.3. The molecular formula is C18H23ClN4. The Hall–Kier alpha value is -1.49. The third-order valence-electron chi connectivity index (χ3n) is 4.86. The van der Waals surface area contributed by atoms with E-state index in [4.69, 9.17) is 11.6 Å². The summed E-state index contributed by atoms with van der Waals surface area (Å²) in [5, 5.41) is 8.09. The normalized spacial score (nSPS) is 24.5. The largest absolute Gasteiger partial charge is 0.309 e. The second kappa shape index (κ2) is 7.39. The molecule has 2 aromatic rings. The number of hydrogen-bond donors (Lipinski definition) is 2. The van der Waals surface area contributed by atoms with E-state index in [9.17, 15) is 0 Å². The molecule has 0 amide bonds. The highest BCUT2D eigenvalue weighted by Gasteiger charge is 2.41. The Kier molecular flexibility index (Phi) is 5.26. The summed E-state index contributed by atoms with van der Waals surface area (Å²) < 4.78 is 0. The summed E-state index contributed by atoms with van der Waals surface area (Å²) in [5.41, 5.74) is 2.00. The van der Waals surface area contributed by atoms with Crippen LogP contribution in [0.2, 0.25) is 5.02 Å². The van der Waals surface area contributed by atoms with Crippen molar-refractivity contribution in [2.24, 2.45) is 0 Å². The van der Waals surface area contributed by atoms with Gasteiger partial charge in [0.1, 0.15) is 0 Å². The molecule has 23 heavy (non-hydrogen) atoms. The second-order valence-electron chi connectivity index (χ2n) is 6.08. The average Bonchev–Trinajstić information content (AvgIpc) is 2.61. The zero-order valence-electron chi connectivity index (χ0n) is 13.4. The van der Waals surface area contributed by atoms with Crippen molar-refractivity contribution in [1.82, 2.24) is 20.6 Å². The van der Waals surface area contributed by atoms with Crippen molar-refractivity contribution in [2.75, 3.05) is 7.05 Å². The Labute approximate surface area is 142 Å². The Bertz CT molecular complexity index is 634. The molecule has 2 atom stereocenters. The highest BCUT2D eigenvalue weighted by molar-refractivity contribution is 6.31. The van der Waals surface area contributed by atoms with Gasteiger partial charge in [-0.1, -0.05) is 42.6 Å². The number of benzene rings is 1. The van der Waals surface area contributed by atoms with Crippen LogP contribution >= 0.6 is 11.6 Å². The van der Waals surface area contributed by atoms with E-state index in [1.54, 1.807) is 12.4 Å². The Morgan fingerprint density at radius 3 is 2.87 bits per heavy atom. The summed E-state index contributed by atoms with van der Waals surface area (Å²) in [6.07, 6.45) is 9.87. The van der Waals surface area contributed by atoms with Crippen LogP contribution in [-0.2, 0) is 12.1 Å². The molecule has 0 saturated heterocycles. The van der Waals surface area contributed by atoms with Gasteiger partial charge < -0.3 is 10.6 Å². The molecule has 5 heteroatoms. The number of likely N-dealkylation sites (N-methyl/N-ethyl adjacent to an activating group) is 1. The van der Waals surface area contributed by atoms with Gasteiger partial charge in [0, 0.05) is 36.2 Å². The van der Waals surface area contributed by atoms with E-state index >= 15 is 0 Å². The molecule has 0 spiro atoms. The number of aromatic nitrogens is 2. The first-order valence-electron chi connectivity index (χ1n) is 8.18. The number of nitrogens with zero attached hydrogens (tertiary/aromatic N) is 2. The number of hydrogen-bond acceptors (Lipinski definition) is 4. The monoisotopic (exact) mass is 330 g/mol. The van der Waals surface area contributed by atoms with Crippen molar-refractivity contribution in [3.05, 3.63) is 59.1 Å². The first-order valence-corrected chi connectivity index (χ1v) is 8.56. The minimum Gasteiger partial charge on any atom is -0.309 e. The standard InChI is InChI=1S/C18H23ClN4/c1-20-18(15-6-2-3-7-16(15)19)9-5-4-8-17(18)23-13-14-12-21-10-11-22-14/h2-3,6-7,10-12,17,20,23H,4-5,8-9,13H2,1H3/t17-,18+/m0/s1. The van der Waals surface area contributed by atoms with Crippen LogP contribution in [-0.4, -0.2) is 23.1 Å². The molecule has 4 nitrogen and oxygen atoms in total. The van der Waals surface area contributed by atoms with Gasteiger partial charge >= 0.3 is 0 Å². The molecule has 0 aliphatic heterocycles. The number of halogens is 1. The third-order valence-corrected chi connectivity index (χ3v) is 5.19. The van der Waals surface area contributed by atoms with Gasteiger partial charge in [-0.2, -0.15) is 0 Å². The van der Waals surface area contributed by atoms with Crippen molar-refractivity contribution in [3.63, 3.8) is 0 Å². The van der Waals surface area contributed by atoms with Crippen molar-refractivity contribution in [1.29, 1.82) is 0 Å². The van der Waals surface area contributed by atoms with Crippen LogP contribution in [0, 0.1) is 0 Å². The lowest BCUT2D eigenvalue weighted by Crippen LogP contribution is -2.57. The van der Waals surface area contributed by atoms with E-state index < -0.39 is 0 Å². The van der Waals surface area contributed by atoms with E-state index in [0.29, 0.717) is 12.6 Å². The van der Waals surface area contributed by atoms with Crippen LogP contribution in [0.1, 0.15) is 36.9 Å². The van der Waals surface area contributed by atoms with E-state index in [0.717, 1.165) is 23.6 Å². The molecule has 0 radical (unpaired) electrons. The fraction of sp³-hybridized carbons (Fsp3) is 0.444. The summed E-state index contributed by atoms with van der Waals surface area (Å²) in [5.74, 6) is 0. The lowest BCUT2D eigenvalue weighted by molar-refractivity contribution is 0.176. The maximum atomic E-state index is 6.52. The molecule has 1 aromatic heterocycles. The molecule has 2 N–H and O–H groups in total. The Morgan fingerprint density at radius 1 is 1.26 bits per heavy atom. The summed E-state index contributed by atoms with van der Waals surface area (Å²) in [4.78, 5) is 8.49. The molecule has 1 saturated carbocycles. The van der Waals surface area contributed by atoms with Crippen molar-refractivity contribution in [3.8, 4) is 0 Å². The van der Waals surface area contributed by atoms with Gasteiger partial charge in [0.05, 0.1) is 11.2 Å². The van der Waals surface area contributed by atoms with E-state index in [2.05, 4.69) is 32.7 Å². The smallest absolute Gasteiger partial charge is 0.0724 e. The lowest BCUT2D eigenvalue weighted by atomic mass is 9.72. The van der Waals surface area contributed by atoms with Crippen LogP contribution in [0.25, 0.3) is 0 Å². The van der Waals surface area contributed by atoms with Gasteiger partial charge in [0.15, 0.2) is 0 Å². The van der Waals surface area contributed by atoms with Crippen molar-refractivity contribution in [2.45, 2.75) is 43.8 Å². The van der Waals surface area contributed by atoms with Crippen LogP contribution in [0.4, 0.5) is 0 Å². The fourth-order valence-electron chi connectivity index (χ4n) is 3.68. The molecular weight excluding hydrogens is 308 g/mol. The number of rotatable bonds is 5. The van der Waals surface area contributed by atoms with Gasteiger partial charge in [0.25, 0.3) is 0 Å². The maximum absolute atomic E-state index is 6.52. The summed E-state index contributed by atoms with van der Waals surface area (Å²) in [7, 11) is 2.03. The van der Waals surface area contributed by atoms with Gasteiger partial charge in [-0.15, -0.1) is 0 Å². The van der Waals surface area contributed by atoms with Crippen molar-refractivity contribution < 1.29 is 0 Å². The summed E-state index contributed by atoms with van der Waals surface area (Å²) in [6, 6.07) is 8.48. The van der Waals surface area contributed by atoms with Gasteiger partial charge in [0.2, 0.25) is 0 Å².